The number of rotatable bonds is 4. The highest BCUT2D eigenvalue weighted by Crippen LogP contribution is 2.33. The molecule has 0 bridgehead atoms. The van der Waals surface area contributed by atoms with Crippen LogP contribution >= 0.6 is 11.6 Å². The molecule has 0 radical (unpaired) electrons. The number of nitrogens with one attached hydrogen (secondary N) is 1. The van der Waals surface area contributed by atoms with Gasteiger partial charge in [0.2, 0.25) is 5.28 Å². The van der Waals surface area contributed by atoms with Crippen molar-refractivity contribution in [2.45, 2.75) is 56.3 Å². The summed E-state index contributed by atoms with van der Waals surface area (Å²) in [5, 5.41) is 32.7. The summed E-state index contributed by atoms with van der Waals surface area (Å²) in [6.45, 7) is -0.164. The van der Waals surface area contributed by atoms with Crippen molar-refractivity contribution in [3.8, 4) is 0 Å². The first kappa shape index (κ1) is 16.9. The summed E-state index contributed by atoms with van der Waals surface area (Å²) in [5.41, 5.74) is 0.921. The van der Waals surface area contributed by atoms with Crippen molar-refractivity contribution in [2.75, 3.05) is 11.9 Å². The van der Waals surface area contributed by atoms with Crippen molar-refractivity contribution in [1.82, 2.24) is 19.5 Å². The summed E-state index contributed by atoms with van der Waals surface area (Å²) >= 11 is 6.06. The van der Waals surface area contributed by atoms with E-state index in [2.05, 4.69) is 20.3 Å². The largest absolute Gasteiger partial charge is 0.394 e. The van der Waals surface area contributed by atoms with Gasteiger partial charge in [0.1, 0.15) is 6.10 Å². The molecule has 4 N–H and O–H groups in total. The van der Waals surface area contributed by atoms with E-state index in [1.165, 1.54) is 6.33 Å². The number of aliphatic hydroxyl groups is 3. The molecule has 10 heteroatoms. The predicted octanol–water partition coefficient (Wildman–Crippen LogP) is 0.446. The maximum absolute atomic E-state index is 10.2. The van der Waals surface area contributed by atoms with E-state index in [-0.39, 0.29) is 17.9 Å². The summed E-state index contributed by atoms with van der Waals surface area (Å²) in [6, 6.07) is -0.105. The lowest BCUT2D eigenvalue weighted by molar-refractivity contribution is -0.0486. The number of nitrogens with zero attached hydrogens (tertiary/aromatic N) is 4. The van der Waals surface area contributed by atoms with Gasteiger partial charge < -0.3 is 25.4 Å². The van der Waals surface area contributed by atoms with Crippen molar-refractivity contribution in [3.63, 3.8) is 0 Å². The molecule has 0 spiro atoms. The Hall–Kier alpha value is -1.52. The molecule has 1 saturated heterocycles. The summed E-state index contributed by atoms with van der Waals surface area (Å²) in [4.78, 5) is 12.8. The first-order valence-electron chi connectivity index (χ1n) is 8.36. The van der Waals surface area contributed by atoms with Gasteiger partial charge in [0.25, 0.3) is 0 Å². The minimum absolute atomic E-state index is 0.0374. The van der Waals surface area contributed by atoms with Gasteiger partial charge in [-0.2, -0.15) is 9.97 Å². The third-order valence-corrected chi connectivity index (χ3v) is 5.01. The fraction of sp³-hybridized carbons (Fsp3) is 0.667. The fourth-order valence-corrected chi connectivity index (χ4v) is 3.72. The van der Waals surface area contributed by atoms with Crippen LogP contribution in [-0.2, 0) is 4.74 Å². The first-order valence-corrected chi connectivity index (χ1v) is 8.73. The van der Waals surface area contributed by atoms with E-state index in [1.807, 2.05) is 0 Å². The second-order valence-corrected chi connectivity index (χ2v) is 6.89. The standard InChI is InChI=1S/C15H20ClN5O4/c16-15-19-12(18-8-2-1-3-9(8)23)11-13(20-15)21(6-17-11)14-10(24)4-7(5-22)25-14/h6-10,14,22-24H,1-5H2,(H,18,19,20)/t7-,8?,9?,10+,14+/m0/s1. The summed E-state index contributed by atoms with van der Waals surface area (Å²) in [5.74, 6) is 0.450. The van der Waals surface area contributed by atoms with E-state index in [9.17, 15) is 15.3 Å². The predicted molar refractivity (Wildman–Crippen MR) is 89.2 cm³/mol. The Morgan fingerprint density at radius 3 is 2.80 bits per heavy atom. The summed E-state index contributed by atoms with van der Waals surface area (Å²) in [7, 11) is 0. The lowest BCUT2D eigenvalue weighted by Gasteiger charge is -2.18. The van der Waals surface area contributed by atoms with Crippen molar-refractivity contribution >= 4 is 28.6 Å². The number of ether oxygens (including phenoxy) is 1. The Balaban J connectivity index is 1.69. The first-order chi connectivity index (χ1) is 12.1. The molecule has 25 heavy (non-hydrogen) atoms. The number of aromatic nitrogens is 4. The van der Waals surface area contributed by atoms with Crippen LogP contribution in [0, 0.1) is 0 Å². The van der Waals surface area contributed by atoms with Crippen LogP contribution in [0.15, 0.2) is 6.33 Å². The van der Waals surface area contributed by atoms with Crippen molar-refractivity contribution in [3.05, 3.63) is 11.6 Å². The van der Waals surface area contributed by atoms with E-state index >= 15 is 0 Å². The van der Waals surface area contributed by atoms with Gasteiger partial charge in [0.15, 0.2) is 23.2 Å². The van der Waals surface area contributed by atoms with Crippen LogP contribution in [0.25, 0.3) is 11.2 Å². The second kappa shape index (κ2) is 6.65. The topological polar surface area (TPSA) is 126 Å². The molecule has 1 saturated carbocycles. The number of halogens is 1. The van der Waals surface area contributed by atoms with Gasteiger partial charge in [-0.25, -0.2) is 4.98 Å². The van der Waals surface area contributed by atoms with Gasteiger partial charge >= 0.3 is 0 Å². The van der Waals surface area contributed by atoms with Crippen LogP contribution in [0.5, 0.6) is 0 Å². The van der Waals surface area contributed by atoms with E-state index in [1.54, 1.807) is 4.57 Å². The zero-order valence-corrected chi connectivity index (χ0v) is 14.2. The average molecular weight is 370 g/mol. The third-order valence-electron chi connectivity index (χ3n) is 4.84. The highest BCUT2D eigenvalue weighted by molar-refractivity contribution is 6.28. The lowest BCUT2D eigenvalue weighted by Crippen LogP contribution is -2.28. The molecule has 2 aliphatic rings. The van der Waals surface area contributed by atoms with Gasteiger partial charge in [-0.15, -0.1) is 0 Å². The zero-order valence-electron chi connectivity index (χ0n) is 13.4. The number of imidazole rings is 1. The van der Waals surface area contributed by atoms with E-state index < -0.39 is 24.5 Å². The van der Waals surface area contributed by atoms with E-state index in [4.69, 9.17) is 16.3 Å². The Morgan fingerprint density at radius 1 is 1.28 bits per heavy atom. The quantitative estimate of drug-likeness (QED) is 0.572. The number of hydrogen-bond acceptors (Lipinski definition) is 8. The molecule has 1 aliphatic heterocycles. The Kier molecular flexibility index (Phi) is 4.50. The molecule has 0 aromatic carbocycles. The average Bonchev–Trinajstić information content (AvgIpc) is 3.27. The van der Waals surface area contributed by atoms with Crippen LogP contribution in [0.1, 0.15) is 31.9 Å². The zero-order chi connectivity index (χ0) is 17.6. The molecule has 2 aromatic heterocycles. The molecule has 9 nitrogen and oxygen atoms in total. The van der Waals surface area contributed by atoms with Crippen molar-refractivity contribution in [2.24, 2.45) is 0 Å². The number of fused-ring (bicyclic) bond motifs is 1. The van der Waals surface area contributed by atoms with Crippen LogP contribution < -0.4 is 5.32 Å². The Bertz CT molecular complexity index is 772. The summed E-state index contributed by atoms with van der Waals surface area (Å²) in [6.07, 6.45) is 2.04. The fourth-order valence-electron chi connectivity index (χ4n) is 3.56. The molecular weight excluding hydrogens is 350 g/mol. The number of hydrogen-bond donors (Lipinski definition) is 4. The van der Waals surface area contributed by atoms with Crippen LogP contribution in [0.2, 0.25) is 5.28 Å². The van der Waals surface area contributed by atoms with E-state index in [0.717, 1.165) is 19.3 Å². The Morgan fingerprint density at radius 2 is 2.12 bits per heavy atom. The molecule has 2 unspecified atom stereocenters. The summed E-state index contributed by atoms with van der Waals surface area (Å²) < 4.78 is 7.26. The minimum atomic E-state index is -0.781. The molecule has 2 fully saturated rings. The van der Waals surface area contributed by atoms with Crippen molar-refractivity contribution in [1.29, 1.82) is 0 Å². The van der Waals surface area contributed by atoms with Crippen molar-refractivity contribution < 1.29 is 20.1 Å². The normalized spacial score (nSPS) is 32.6. The van der Waals surface area contributed by atoms with Gasteiger partial charge in [0.05, 0.1) is 31.2 Å². The minimum Gasteiger partial charge on any atom is -0.394 e. The molecule has 1 aliphatic carbocycles. The molecule has 0 amide bonds. The van der Waals surface area contributed by atoms with Gasteiger partial charge in [-0.1, -0.05) is 0 Å². The van der Waals surface area contributed by atoms with Crippen LogP contribution in [-0.4, -0.2) is 65.8 Å². The highest BCUT2D eigenvalue weighted by atomic mass is 35.5. The molecule has 5 atom stereocenters. The molecule has 2 aromatic rings. The number of anilines is 1. The third kappa shape index (κ3) is 3.06. The highest BCUT2D eigenvalue weighted by Gasteiger charge is 2.36. The molecule has 136 valence electrons. The monoisotopic (exact) mass is 369 g/mol. The SMILES string of the molecule is OC[C@@H]1C[C@@H](O)[C@H](n2cnc3c(NC4CCCC4O)nc(Cl)nc32)O1. The van der Waals surface area contributed by atoms with Crippen LogP contribution in [0.4, 0.5) is 5.82 Å². The molecule has 4 rings (SSSR count). The maximum Gasteiger partial charge on any atom is 0.226 e. The van der Waals surface area contributed by atoms with Gasteiger partial charge in [-0.3, -0.25) is 4.57 Å². The Labute approximate surface area is 148 Å². The van der Waals surface area contributed by atoms with Gasteiger partial charge in [0, 0.05) is 6.42 Å². The number of aliphatic hydroxyl groups excluding tert-OH is 3. The second-order valence-electron chi connectivity index (χ2n) is 6.55. The van der Waals surface area contributed by atoms with Crippen LogP contribution in [0.3, 0.4) is 0 Å². The maximum atomic E-state index is 10.2. The lowest BCUT2D eigenvalue weighted by atomic mass is 10.2. The molecule has 3 heterocycles. The smallest absolute Gasteiger partial charge is 0.226 e. The molecular formula is C15H20ClN5O4. The van der Waals surface area contributed by atoms with Gasteiger partial charge in [-0.05, 0) is 30.9 Å². The van der Waals surface area contributed by atoms with E-state index in [0.29, 0.717) is 23.4 Å².